The van der Waals surface area contributed by atoms with E-state index in [1.54, 1.807) is 29.2 Å². The molecule has 0 radical (unpaired) electrons. The van der Waals surface area contributed by atoms with Crippen LogP contribution in [-0.4, -0.2) is 35.8 Å². The fourth-order valence-electron chi connectivity index (χ4n) is 1.68. The largest absolute Gasteiger partial charge is 0.491 e. The summed E-state index contributed by atoms with van der Waals surface area (Å²) in [5, 5.41) is 8.70. The summed E-state index contributed by atoms with van der Waals surface area (Å²) in [4.78, 5) is 13.4. The molecule has 0 aliphatic carbocycles. The maximum Gasteiger partial charge on any atom is 0.410 e. The highest BCUT2D eigenvalue weighted by Crippen LogP contribution is 2.23. The molecule has 0 bridgehead atoms. The number of benzene rings is 1. The van der Waals surface area contributed by atoms with Crippen LogP contribution in [0.25, 0.3) is 0 Å². The number of nitriles is 1. The van der Waals surface area contributed by atoms with Gasteiger partial charge >= 0.3 is 6.09 Å². The van der Waals surface area contributed by atoms with Crippen LogP contribution >= 0.6 is 0 Å². The van der Waals surface area contributed by atoms with Gasteiger partial charge in [0, 0.05) is 6.54 Å². The van der Waals surface area contributed by atoms with Crippen molar-refractivity contribution in [1.82, 2.24) is 4.90 Å². The number of amides is 1. The van der Waals surface area contributed by atoms with Crippen LogP contribution in [0.1, 0.15) is 26.3 Å². The molecular formula is C15H18N2O3. The second kappa shape index (κ2) is 5.41. The Morgan fingerprint density at radius 2 is 2.05 bits per heavy atom. The summed E-state index contributed by atoms with van der Waals surface area (Å²) in [5.41, 5.74) is 0.122. The summed E-state index contributed by atoms with van der Waals surface area (Å²) in [6.45, 7) is 6.63. The lowest BCUT2D eigenvalue weighted by Crippen LogP contribution is -2.28. The molecule has 1 fully saturated rings. The van der Waals surface area contributed by atoms with Gasteiger partial charge in [-0.05, 0) is 45.0 Å². The molecule has 1 amide bonds. The Morgan fingerprint density at radius 1 is 1.40 bits per heavy atom. The molecule has 1 heterocycles. The molecule has 20 heavy (non-hydrogen) atoms. The van der Waals surface area contributed by atoms with Gasteiger partial charge in [0.2, 0.25) is 0 Å². The normalized spacial score (nSPS) is 17.3. The Balaban J connectivity index is 1.77. The maximum absolute atomic E-state index is 11.7. The third kappa shape index (κ3) is 3.89. The molecular weight excluding hydrogens is 256 g/mol. The van der Waals surface area contributed by atoms with Crippen LogP contribution in [-0.2, 0) is 4.74 Å². The van der Waals surface area contributed by atoms with Gasteiger partial charge < -0.3 is 9.47 Å². The lowest BCUT2D eigenvalue weighted by atomic mass is 10.2. The van der Waals surface area contributed by atoms with Crippen molar-refractivity contribution >= 4 is 6.09 Å². The minimum Gasteiger partial charge on any atom is -0.491 e. The molecule has 1 aliphatic rings. The number of carbonyl (C=O) groups is 1. The number of hydrogen-bond acceptors (Lipinski definition) is 4. The topological polar surface area (TPSA) is 62.3 Å². The van der Waals surface area contributed by atoms with Crippen molar-refractivity contribution in [1.29, 1.82) is 5.26 Å². The molecule has 1 unspecified atom stereocenters. The average molecular weight is 274 g/mol. The van der Waals surface area contributed by atoms with Crippen molar-refractivity contribution in [2.24, 2.45) is 0 Å². The highest BCUT2D eigenvalue weighted by atomic mass is 16.6. The number of rotatable bonds is 3. The Morgan fingerprint density at radius 3 is 2.60 bits per heavy atom. The molecule has 106 valence electrons. The predicted octanol–water partition coefficient (Wildman–Crippen LogP) is 2.56. The first-order valence-corrected chi connectivity index (χ1v) is 6.51. The van der Waals surface area contributed by atoms with E-state index in [4.69, 9.17) is 14.7 Å². The third-order valence-corrected chi connectivity index (χ3v) is 2.77. The lowest BCUT2D eigenvalue weighted by molar-refractivity contribution is 0.0398. The molecule has 5 heteroatoms. The fraction of sp³-hybridized carbons (Fsp3) is 0.467. The van der Waals surface area contributed by atoms with Crippen LogP contribution in [0.5, 0.6) is 5.75 Å². The van der Waals surface area contributed by atoms with Gasteiger partial charge in [0.1, 0.15) is 18.0 Å². The maximum atomic E-state index is 11.7. The number of nitrogens with zero attached hydrogens (tertiary/aromatic N) is 2. The van der Waals surface area contributed by atoms with Gasteiger partial charge in [-0.2, -0.15) is 5.26 Å². The summed E-state index contributed by atoms with van der Waals surface area (Å²) in [6, 6.07) is 9.02. The molecule has 1 atom stereocenters. The van der Waals surface area contributed by atoms with Crippen LogP contribution in [0.4, 0.5) is 4.79 Å². The number of ether oxygens (including phenoxy) is 2. The standard InChI is InChI=1S/C15H18N2O3/c1-15(2,3)20-14(18)17-9-12(17)10-19-13-6-4-11(8-16)5-7-13/h4-7,12H,9-10H2,1-3H3. The van der Waals surface area contributed by atoms with E-state index in [9.17, 15) is 4.79 Å². The SMILES string of the molecule is CC(C)(C)OC(=O)N1CC1COc1ccc(C#N)cc1. The van der Waals surface area contributed by atoms with Crippen LogP contribution in [0.2, 0.25) is 0 Å². The van der Waals surface area contributed by atoms with Crippen molar-refractivity contribution < 1.29 is 14.3 Å². The summed E-state index contributed by atoms with van der Waals surface area (Å²) < 4.78 is 10.9. The predicted molar refractivity (Wildman–Crippen MR) is 73.4 cm³/mol. The molecule has 1 aromatic rings. The molecule has 2 rings (SSSR count). The van der Waals surface area contributed by atoms with Crippen molar-refractivity contribution in [3.8, 4) is 11.8 Å². The summed E-state index contributed by atoms with van der Waals surface area (Å²) in [5.74, 6) is 0.694. The van der Waals surface area contributed by atoms with Gasteiger partial charge in [0.25, 0.3) is 0 Å². The van der Waals surface area contributed by atoms with Gasteiger partial charge in [0.05, 0.1) is 17.7 Å². The zero-order chi connectivity index (χ0) is 14.8. The van der Waals surface area contributed by atoms with Crippen LogP contribution in [0.15, 0.2) is 24.3 Å². The Labute approximate surface area is 118 Å². The van der Waals surface area contributed by atoms with Crippen molar-refractivity contribution in [2.75, 3.05) is 13.2 Å². The zero-order valence-electron chi connectivity index (χ0n) is 11.9. The number of hydrogen-bond donors (Lipinski definition) is 0. The number of carbonyl (C=O) groups excluding carboxylic acids is 1. The minimum atomic E-state index is -0.474. The monoisotopic (exact) mass is 274 g/mol. The first-order valence-electron chi connectivity index (χ1n) is 6.51. The van der Waals surface area contributed by atoms with E-state index >= 15 is 0 Å². The average Bonchev–Trinajstić information content (AvgIpc) is 3.14. The van der Waals surface area contributed by atoms with E-state index in [0.717, 1.165) is 0 Å². The second-order valence-electron chi connectivity index (χ2n) is 5.73. The van der Waals surface area contributed by atoms with Crippen LogP contribution < -0.4 is 4.74 Å². The third-order valence-electron chi connectivity index (χ3n) is 2.77. The molecule has 1 aliphatic heterocycles. The van der Waals surface area contributed by atoms with E-state index in [1.165, 1.54) is 0 Å². The van der Waals surface area contributed by atoms with E-state index in [2.05, 4.69) is 6.07 Å². The van der Waals surface area contributed by atoms with Crippen molar-refractivity contribution in [3.63, 3.8) is 0 Å². The molecule has 0 N–H and O–H groups in total. The molecule has 0 saturated carbocycles. The second-order valence-corrected chi connectivity index (χ2v) is 5.73. The van der Waals surface area contributed by atoms with Crippen molar-refractivity contribution in [3.05, 3.63) is 29.8 Å². The highest BCUT2D eigenvalue weighted by Gasteiger charge is 2.41. The quantitative estimate of drug-likeness (QED) is 0.795. The van der Waals surface area contributed by atoms with Crippen LogP contribution in [0.3, 0.4) is 0 Å². The Bertz CT molecular complexity index is 526. The first-order chi connectivity index (χ1) is 9.39. The van der Waals surface area contributed by atoms with Gasteiger partial charge in [-0.1, -0.05) is 0 Å². The van der Waals surface area contributed by atoms with E-state index in [0.29, 0.717) is 24.5 Å². The smallest absolute Gasteiger partial charge is 0.410 e. The first kappa shape index (κ1) is 14.2. The van der Waals surface area contributed by atoms with E-state index < -0.39 is 5.60 Å². The van der Waals surface area contributed by atoms with Gasteiger partial charge in [-0.15, -0.1) is 0 Å². The van der Waals surface area contributed by atoms with Gasteiger partial charge in [0.15, 0.2) is 0 Å². The van der Waals surface area contributed by atoms with Crippen LogP contribution in [0, 0.1) is 11.3 Å². The van der Waals surface area contributed by atoms with Gasteiger partial charge in [-0.3, -0.25) is 4.90 Å². The molecule has 1 saturated heterocycles. The van der Waals surface area contributed by atoms with Crippen molar-refractivity contribution in [2.45, 2.75) is 32.4 Å². The molecule has 1 aromatic carbocycles. The van der Waals surface area contributed by atoms with Gasteiger partial charge in [-0.25, -0.2) is 4.79 Å². The fourth-order valence-corrected chi connectivity index (χ4v) is 1.68. The molecule has 0 aromatic heterocycles. The molecule has 0 spiro atoms. The van der Waals surface area contributed by atoms with E-state index in [-0.39, 0.29) is 12.1 Å². The summed E-state index contributed by atoms with van der Waals surface area (Å²) >= 11 is 0. The molecule has 5 nitrogen and oxygen atoms in total. The van der Waals surface area contributed by atoms with E-state index in [1.807, 2.05) is 20.8 Å². The Kier molecular flexibility index (Phi) is 3.84. The summed E-state index contributed by atoms with van der Waals surface area (Å²) in [7, 11) is 0. The highest BCUT2D eigenvalue weighted by molar-refractivity contribution is 5.71. The zero-order valence-corrected chi connectivity index (χ0v) is 11.9. The Hall–Kier alpha value is -2.22. The minimum absolute atomic E-state index is 0.0699. The summed E-state index contributed by atoms with van der Waals surface area (Å²) in [6.07, 6.45) is -0.300. The lowest BCUT2D eigenvalue weighted by Gasteiger charge is -2.19.